The molecule has 2 aromatic rings. The van der Waals surface area contributed by atoms with Crippen molar-refractivity contribution in [3.8, 4) is 5.75 Å². The summed E-state index contributed by atoms with van der Waals surface area (Å²) >= 11 is 1.71. The summed E-state index contributed by atoms with van der Waals surface area (Å²) in [6, 6.07) is 7.74. The second-order valence-corrected chi connectivity index (χ2v) is 9.12. The normalized spacial score (nSPS) is 25.5. The molecule has 2 aliphatic rings. The maximum Gasteiger partial charge on any atom is 0.269 e. The van der Waals surface area contributed by atoms with E-state index >= 15 is 0 Å². The first-order valence-electron chi connectivity index (χ1n) is 9.88. The van der Waals surface area contributed by atoms with E-state index < -0.39 is 11.0 Å². The van der Waals surface area contributed by atoms with Crippen LogP contribution < -0.4 is 10.1 Å². The van der Waals surface area contributed by atoms with Gasteiger partial charge in [-0.2, -0.15) is 0 Å². The summed E-state index contributed by atoms with van der Waals surface area (Å²) in [6.45, 7) is 2.59. The van der Waals surface area contributed by atoms with Gasteiger partial charge in [-0.05, 0) is 50.8 Å². The lowest BCUT2D eigenvalue weighted by molar-refractivity contribution is -0.384. The van der Waals surface area contributed by atoms with E-state index in [1.54, 1.807) is 23.5 Å². The van der Waals surface area contributed by atoms with Crippen molar-refractivity contribution in [1.82, 2.24) is 5.32 Å². The molecule has 1 aromatic heterocycles. The number of hydrogen-bond acceptors (Lipinski definition) is 7. The zero-order valence-electron chi connectivity index (χ0n) is 16.6. The Morgan fingerprint density at radius 1 is 1.27 bits per heavy atom. The quantitative estimate of drug-likeness (QED) is 0.512. The topological polar surface area (TPSA) is 102 Å². The van der Waals surface area contributed by atoms with Gasteiger partial charge < -0.3 is 15.2 Å². The van der Waals surface area contributed by atoms with Gasteiger partial charge in [-0.15, -0.1) is 23.7 Å². The Morgan fingerprint density at radius 2 is 2.00 bits per heavy atom. The summed E-state index contributed by atoms with van der Waals surface area (Å²) in [7, 11) is 0. The number of Topliss-reactive ketones (excluding diaryl/α,β-unsaturated/α-hetero) is 1. The molecule has 2 N–H and O–H groups in total. The van der Waals surface area contributed by atoms with E-state index in [4.69, 9.17) is 4.74 Å². The standard InChI is InChI=1S/C21H24N2O5S.ClH/c1-12-10-16-19(29-12)9-2-13(20(16)24)11-22-17-7-8-18(21(17)25)28-15-5-3-14(4-6-15)23(26)27;/h3-6,10,13,17-18,21-22,25H,2,7-9,11H2,1H3;1H. The molecule has 1 aromatic carbocycles. The lowest BCUT2D eigenvalue weighted by atomic mass is 9.87. The molecule has 30 heavy (non-hydrogen) atoms. The fraction of sp³-hybridized carbons (Fsp3) is 0.476. The Labute approximate surface area is 185 Å². The first kappa shape index (κ1) is 22.7. The largest absolute Gasteiger partial charge is 0.488 e. The molecule has 4 rings (SSSR count). The summed E-state index contributed by atoms with van der Waals surface area (Å²) < 4.78 is 5.84. The third-order valence-electron chi connectivity index (χ3n) is 5.81. The minimum absolute atomic E-state index is 0. The van der Waals surface area contributed by atoms with Crippen LogP contribution in [0.3, 0.4) is 0 Å². The highest BCUT2D eigenvalue weighted by Gasteiger charge is 2.37. The lowest BCUT2D eigenvalue weighted by Crippen LogP contribution is -2.44. The second-order valence-electron chi connectivity index (χ2n) is 7.78. The van der Waals surface area contributed by atoms with Gasteiger partial charge >= 0.3 is 0 Å². The number of aryl methyl sites for hydroxylation is 2. The van der Waals surface area contributed by atoms with Crippen LogP contribution in [0.5, 0.6) is 5.75 Å². The van der Waals surface area contributed by atoms with Gasteiger partial charge in [-0.25, -0.2) is 0 Å². The summed E-state index contributed by atoms with van der Waals surface area (Å²) in [6.07, 6.45) is 2.14. The molecule has 0 amide bonds. The van der Waals surface area contributed by atoms with Gasteiger partial charge in [0.2, 0.25) is 0 Å². The Morgan fingerprint density at radius 3 is 2.70 bits per heavy atom. The maximum atomic E-state index is 12.7. The van der Waals surface area contributed by atoms with E-state index in [-0.39, 0.29) is 41.9 Å². The van der Waals surface area contributed by atoms with Crippen molar-refractivity contribution in [1.29, 1.82) is 0 Å². The molecule has 9 heteroatoms. The number of rotatable bonds is 6. The molecule has 4 unspecified atom stereocenters. The first-order valence-corrected chi connectivity index (χ1v) is 10.7. The third kappa shape index (κ3) is 4.67. The number of carbonyl (C=O) groups excluding carboxylic acids is 1. The Balaban J connectivity index is 0.00000256. The number of nitro groups is 1. The second kappa shape index (κ2) is 9.43. The fourth-order valence-corrected chi connectivity index (χ4v) is 5.27. The van der Waals surface area contributed by atoms with Crippen molar-refractivity contribution in [3.05, 3.63) is 55.8 Å². The number of aliphatic hydroxyl groups is 1. The first-order chi connectivity index (χ1) is 13.9. The van der Waals surface area contributed by atoms with E-state index in [2.05, 4.69) is 5.32 Å². The van der Waals surface area contributed by atoms with Crippen molar-refractivity contribution in [2.75, 3.05) is 6.54 Å². The van der Waals surface area contributed by atoms with Crippen molar-refractivity contribution in [3.63, 3.8) is 0 Å². The molecule has 1 heterocycles. The molecule has 2 aliphatic carbocycles. The molecule has 162 valence electrons. The number of halogens is 1. The van der Waals surface area contributed by atoms with Gasteiger partial charge in [0.25, 0.3) is 5.69 Å². The molecule has 0 saturated heterocycles. The number of nitrogens with zero attached hydrogens (tertiary/aromatic N) is 1. The molecule has 4 atom stereocenters. The number of ketones is 1. The van der Waals surface area contributed by atoms with Crippen LogP contribution in [0.2, 0.25) is 0 Å². The summed E-state index contributed by atoms with van der Waals surface area (Å²) in [5.41, 5.74) is 0.877. The van der Waals surface area contributed by atoms with Gasteiger partial charge in [-0.3, -0.25) is 14.9 Å². The van der Waals surface area contributed by atoms with Crippen LogP contribution in [0.15, 0.2) is 30.3 Å². The number of thiophene rings is 1. The average Bonchev–Trinajstić information content (AvgIpc) is 3.25. The Hall–Kier alpha value is -2.00. The summed E-state index contributed by atoms with van der Waals surface area (Å²) in [4.78, 5) is 25.4. The minimum Gasteiger partial charge on any atom is -0.488 e. The van der Waals surface area contributed by atoms with Crippen LogP contribution in [0.25, 0.3) is 0 Å². The van der Waals surface area contributed by atoms with Crippen molar-refractivity contribution in [2.45, 2.75) is 50.9 Å². The molecule has 0 bridgehead atoms. The number of carbonyl (C=O) groups is 1. The number of nitrogens with one attached hydrogen (secondary N) is 1. The van der Waals surface area contributed by atoms with Crippen LogP contribution in [0.1, 0.15) is 39.4 Å². The van der Waals surface area contributed by atoms with Gasteiger partial charge in [0.05, 0.1) is 4.92 Å². The zero-order valence-corrected chi connectivity index (χ0v) is 18.2. The number of hydrogen-bond donors (Lipinski definition) is 2. The summed E-state index contributed by atoms with van der Waals surface area (Å²) in [5, 5.41) is 24.7. The van der Waals surface area contributed by atoms with Crippen molar-refractivity contribution < 1.29 is 19.6 Å². The highest BCUT2D eigenvalue weighted by molar-refractivity contribution is 7.12. The lowest BCUT2D eigenvalue weighted by Gasteiger charge is -2.25. The predicted octanol–water partition coefficient (Wildman–Crippen LogP) is 3.69. The molecular weight excluding hydrogens is 428 g/mol. The highest BCUT2D eigenvalue weighted by atomic mass is 35.5. The van der Waals surface area contributed by atoms with Crippen LogP contribution in [-0.4, -0.2) is 40.6 Å². The number of fused-ring (bicyclic) bond motifs is 1. The predicted molar refractivity (Wildman–Crippen MR) is 117 cm³/mol. The van der Waals surface area contributed by atoms with Crippen molar-refractivity contribution in [2.24, 2.45) is 5.92 Å². The molecule has 0 radical (unpaired) electrons. The van der Waals surface area contributed by atoms with Gasteiger partial charge in [0, 0.05) is 46.0 Å². The number of aliphatic hydroxyl groups excluding tert-OH is 1. The third-order valence-corrected chi connectivity index (χ3v) is 6.92. The average molecular weight is 453 g/mol. The maximum absolute atomic E-state index is 12.7. The number of nitro benzene ring substituents is 1. The van der Waals surface area contributed by atoms with Crippen LogP contribution in [0.4, 0.5) is 5.69 Å². The molecule has 0 spiro atoms. The summed E-state index contributed by atoms with van der Waals surface area (Å²) in [5.74, 6) is 0.649. The Kier molecular flexibility index (Phi) is 7.13. The fourth-order valence-electron chi connectivity index (χ4n) is 4.22. The number of ether oxygens (including phenoxy) is 1. The molecule has 7 nitrogen and oxygen atoms in total. The number of non-ortho nitro benzene ring substituents is 1. The molecule has 1 fully saturated rings. The molecule has 0 aliphatic heterocycles. The molecular formula is C21H25ClN2O5S. The van der Waals surface area contributed by atoms with Crippen LogP contribution >= 0.6 is 23.7 Å². The van der Waals surface area contributed by atoms with Gasteiger partial charge in [0.1, 0.15) is 18.0 Å². The Bertz CT molecular complexity index is 917. The SMILES string of the molecule is Cc1cc2c(s1)CCC(CNC1CCC(Oc3ccc([N+](=O)[O-])cc3)C1O)C2=O.Cl. The van der Waals surface area contributed by atoms with E-state index in [1.165, 1.54) is 21.9 Å². The zero-order chi connectivity index (χ0) is 20.5. The highest BCUT2D eigenvalue weighted by Crippen LogP contribution is 2.32. The van der Waals surface area contributed by atoms with E-state index in [0.29, 0.717) is 18.7 Å². The van der Waals surface area contributed by atoms with Crippen LogP contribution in [-0.2, 0) is 6.42 Å². The molecule has 1 saturated carbocycles. The van der Waals surface area contributed by atoms with E-state index in [0.717, 1.165) is 24.8 Å². The van der Waals surface area contributed by atoms with Crippen molar-refractivity contribution >= 4 is 35.2 Å². The minimum atomic E-state index is -0.692. The van der Waals surface area contributed by atoms with Gasteiger partial charge in [-0.1, -0.05) is 0 Å². The number of benzene rings is 1. The van der Waals surface area contributed by atoms with E-state index in [9.17, 15) is 20.0 Å². The van der Waals surface area contributed by atoms with Crippen LogP contribution in [0, 0.1) is 23.0 Å². The van der Waals surface area contributed by atoms with Gasteiger partial charge in [0.15, 0.2) is 5.78 Å². The smallest absolute Gasteiger partial charge is 0.269 e. The van der Waals surface area contributed by atoms with E-state index in [1.807, 2.05) is 13.0 Å². The monoisotopic (exact) mass is 452 g/mol.